The lowest BCUT2D eigenvalue weighted by molar-refractivity contribution is -0.139. The van der Waals surface area contributed by atoms with Crippen LogP contribution in [0.25, 0.3) is 0 Å². The molecule has 14 heteroatoms. The Bertz CT molecular complexity index is 660. The second-order valence-corrected chi connectivity index (χ2v) is 7.21. The average molecular weight is 449 g/mol. The number of hydrogen-bond acceptors (Lipinski definition) is 8. The quantitative estimate of drug-likeness (QED) is 0.134. The highest BCUT2D eigenvalue weighted by atomic mass is 32.2. The van der Waals surface area contributed by atoms with Gasteiger partial charge in [0.2, 0.25) is 23.6 Å². The van der Waals surface area contributed by atoms with E-state index in [0.29, 0.717) is 5.75 Å². The van der Waals surface area contributed by atoms with Crippen molar-refractivity contribution in [1.29, 1.82) is 0 Å². The Hall–Kier alpha value is -2.87. The monoisotopic (exact) mass is 449 g/mol. The van der Waals surface area contributed by atoms with Crippen LogP contribution in [0.4, 0.5) is 0 Å². The molecular formula is C16H27N5O8S. The van der Waals surface area contributed by atoms with Crippen molar-refractivity contribution >= 4 is 47.3 Å². The van der Waals surface area contributed by atoms with Gasteiger partial charge < -0.3 is 37.6 Å². The van der Waals surface area contributed by atoms with Gasteiger partial charge in [0.05, 0.1) is 12.5 Å². The number of carbonyl (C=O) groups is 6. The number of nitrogens with one attached hydrogen (secondary N) is 3. The van der Waals surface area contributed by atoms with Crippen molar-refractivity contribution in [1.82, 2.24) is 16.0 Å². The Balaban J connectivity index is 5.18. The number of thioether (sulfide) groups is 1. The Morgan fingerprint density at radius 1 is 0.900 bits per heavy atom. The van der Waals surface area contributed by atoms with E-state index in [1.165, 1.54) is 11.8 Å². The van der Waals surface area contributed by atoms with Gasteiger partial charge in [0, 0.05) is 6.42 Å². The van der Waals surface area contributed by atoms with E-state index in [1.54, 1.807) is 6.26 Å². The van der Waals surface area contributed by atoms with Crippen molar-refractivity contribution in [2.75, 3.05) is 18.6 Å². The third kappa shape index (κ3) is 11.9. The molecule has 9 N–H and O–H groups in total. The van der Waals surface area contributed by atoms with Crippen LogP contribution in [0.5, 0.6) is 0 Å². The second kappa shape index (κ2) is 14.2. The molecule has 0 bridgehead atoms. The number of amides is 4. The molecule has 3 unspecified atom stereocenters. The highest BCUT2D eigenvalue weighted by Gasteiger charge is 2.29. The molecule has 0 aromatic heterocycles. The Kier molecular flexibility index (Phi) is 12.8. The molecule has 0 aliphatic rings. The molecule has 170 valence electrons. The predicted molar refractivity (Wildman–Crippen MR) is 106 cm³/mol. The fraction of sp³-hybridized carbons (Fsp3) is 0.625. The zero-order valence-corrected chi connectivity index (χ0v) is 17.2. The summed E-state index contributed by atoms with van der Waals surface area (Å²) in [6, 6.07) is -3.72. The number of carboxylic acid groups (broad SMARTS) is 2. The van der Waals surface area contributed by atoms with Gasteiger partial charge in [-0.3, -0.25) is 28.8 Å². The molecule has 0 spiro atoms. The first-order valence-corrected chi connectivity index (χ1v) is 10.2. The maximum absolute atomic E-state index is 12.6. The summed E-state index contributed by atoms with van der Waals surface area (Å²) in [4.78, 5) is 69.2. The molecule has 0 aliphatic heterocycles. The van der Waals surface area contributed by atoms with Gasteiger partial charge in [-0.1, -0.05) is 0 Å². The molecule has 0 fully saturated rings. The fourth-order valence-corrected chi connectivity index (χ4v) is 2.63. The molecule has 0 saturated heterocycles. The Morgan fingerprint density at radius 3 is 2.00 bits per heavy atom. The summed E-state index contributed by atoms with van der Waals surface area (Å²) in [6.07, 6.45) is 0.869. The number of hydrogen-bond donors (Lipinski definition) is 7. The number of nitrogens with two attached hydrogens (primary N) is 2. The van der Waals surface area contributed by atoms with Gasteiger partial charge in [-0.25, -0.2) is 0 Å². The van der Waals surface area contributed by atoms with Gasteiger partial charge in [-0.2, -0.15) is 11.8 Å². The van der Waals surface area contributed by atoms with Crippen molar-refractivity contribution in [3.63, 3.8) is 0 Å². The van der Waals surface area contributed by atoms with E-state index >= 15 is 0 Å². The van der Waals surface area contributed by atoms with Crippen molar-refractivity contribution in [3.05, 3.63) is 0 Å². The Labute approximate surface area is 176 Å². The number of primary amides is 1. The van der Waals surface area contributed by atoms with Crippen LogP contribution in [0.2, 0.25) is 0 Å². The van der Waals surface area contributed by atoms with E-state index in [1.807, 2.05) is 5.32 Å². The van der Waals surface area contributed by atoms with Gasteiger partial charge in [0.15, 0.2) is 0 Å². The van der Waals surface area contributed by atoms with Crippen LogP contribution in [-0.2, 0) is 28.8 Å². The lowest BCUT2D eigenvalue weighted by Gasteiger charge is -2.23. The minimum absolute atomic E-state index is 0.139. The van der Waals surface area contributed by atoms with Gasteiger partial charge in [0.1, 0.15) is 18.6 Å². The minimum atomic E-state index is -1.44. The summed E-state index contributed by atoms with van der Waals surface area (Å²) < 4.78 is 0. The highest BCUT2D eigenvalue weighted by Crippen LogP contribution is 2.04. The van der Waals surface area contributed by atoms with E-state index in [2.05, 4.69) is 10.6 Å². The molecule has 0 rings (SSSR count). The molecule has 0 aliphatic carbocycles. The molecule has 4 amide bonds. The Morgan fingerprint density at radius 2 is 1.50 bits per heavy atom. The molecular weight excluding hydrogens is 422 g/mol. The standard InChI is InChI=1S/C16H27N5O8S/c1-30-5-4-9(20-14(27)8(17)2-3-12(23)24)16(29)21-10(6-11(18)22)15(28)19-7-13(25)26/h8-10H,2-7,17H2,1H3,(H2,18,22)(H,19,28)(H,20,27)(H,21,29)(H,23,24)(H,25,26). The van der Waals surface area contributed by atoms with Crippen LogP contribution in [0.15, 0.2) is 0 Å². The summed E-state index contributed by atoms with van der Waals surface area (Å²) in [6.45, 7) is -0.727. The summed E-state index contributed by atoms with van der Waals surface area (Å²) in [5, 5.41) is 24.0. The number of rotatable bonds is 15. The fourth-order valence-electron chi connectivity index (χ4n) is 2.16. The van der Waals surface area contributed by atoms with Crippen molar-refractivity contribution in [2.45, 2.75) is 43.8 Å². The lowest BCUT2D eigenvalue weighted by Crippen LogP contribution is -2.56. The van der Waals surface area contributed by atoms with Crippen LogP contribution < -0.4 is 27.4 Å². The zero-order valence-electron chi connectivity index (χ0n) is 16.4. The second-order valence-electron chi connectivity index (χ2n) is 6.22. The van der Waals surface area contributed by atoms with Crippen LogP contribution in [-0.4, -0.2) is 82.5 Å². The van der Waals surface area contributed by atoms with Crippen LogP contribution in [0, 0.1) is 0 Å². The van der Waals surface area contributed by atoms with Crippen LogP contribution in [0.1, 0.15) is 25.7 Å². The summed E-state index contributed by atoms with van der Waals surface area (Å²) in [7, 11) is 0. The lowest BCUT2D eigenvalue weighted by atomic mass is 10.1. The molecule has 0 saturated carbocycles. The minimum Gasteiger partial charge on any atom is -0.481 e. The number of aliphatic carboxylic acids is 2. The van der Waals surface area contributed by atoms with E-state index in [4.69, 9.17) is 21.7 Å². The van der Waals surface area contributed by atoms with Gasteiger partial charge in [0.25, 0.3) is 0 Å². The molecule has 13 nitrogen and oxygen atoms in total. The van der Waals surface area contributed by atoms with E-state index in [9.17, 15) is 28.8 Å². The molecule has 30 heavy (non-hydrogen) atoms. The zero-order chi connectivity index (χ0) is 23.3. The normalized spacial score (nSPS) is 13.4. The molecule has 0 radical (unpaired) electrons. The molecule has 0 heterocycles. The van der Waals surface area contributed by atoms with E-state index < -0.39 is 66.7 Å². The molecule has 0 aromatic carbocycles. The van der Waals surface area contributed by atoms with Crippen molar-refractivity contribution in [2.24, 2.45) is 11.5 Å². The van der Waals surface area contributed by atoms with Gasteiger partial charge in [-0.15, -0.1) is 0 Å². The van der Waals surface area contributed by atoms with Crippen LogP contribution >= 0.6 is 11.8 Å². The van der Waals surface area contributed by atoms with Gasteiger partial charge >= 0.3 is 11.9 Å². The smallest absolute Gasteiger partial charge is 0.322 e. The van der Waals surface area contributed by atoms with Gasteiger partial charge in [-0.05, 0) is 24.9 Å². The first-order valence-electron chi connectivity index (χ1n) is 8.82. The average Bonchev–Trinajstić information content (AvgIpc) is 2.65. The van der Waals surface area contributed by atoms with Crippen molar-refractivity contribution in [3.8, 4) is 0 Å². The maximum Gasteiger partial charge on any atom is 0.322 e. The van der Waals surface area contributed by atoms with Crippen LogP contribution in [0.3, 0.4) is 0 Å². The number of carboxylic acids is 2. The van der Waals surface area contributed by atoms with E-state index in [0.717, 1.165) is 0 Å². The predicted octanol–water partition coefficient (Wildman–Crippen LogP) is -3.02. The summed E-state index contributed by atoms with van der Waals surface area (Å²) in [5.74, 6) is -5.40. The summed E-state index contributed by atoms with van der Waals surface area (Å²) >= 11 is 1.39. The third-order valence-corrected chi connectivity index (χ3v) is 4.35. The maximum atomic E-state index is 12.6. The van der Waals surface area contributed by atoms with E-state index in [-0.39, 0.29) is 19.3 Å². The summed E-state index contributed by atoms with van der Waals surface area (Å²) in [5.41, 5.74) is 10.7. The first kappa shape index (κ1) is 27.1. The molecule has 0 aromatic rings. The largest absolute Gasteiger partial charge is 0.481 e. The third-order valence-electron chi connectivity index (χ3n) is 3.70. The first-order chi connectivity index (χ1) is 14.0. The topological polar surface area (TPSA) is 231 Å². The van der Waals surface area contributed by atoms with Crippen molar-refractivity contribution < 1.29 is 39.0 Å². The number of carbonyl (C=O) groups excluding carboxylic acids is 4. The highest BCUT2D eigenvalue weighted by molar-refractivity contribution is 7.98. The SMILES string of the molecule is CSCCC(NC(=O)C(N)CCC(=O)O)C(=O)NC(CC(N)=O)C(=O)NCC(=O)O. The molecule has 3 atom stereocenters.